The summed E-state index contributed by atoms with van der Waals surface area (Å²) in [5.74, 6) is 0.634. The minimum Gasteiger partial charge on any atom is -0.331 e. The third kappa shape index (κ3) is 4.03. The Morgan fingerprint density at radius 3 is 2.79 bits per heavy atom. The highest BCUT2D eigenvalue weighted by atomic mass is 32.1. The molecule has 1 unspecified atom stereocenters. The van der Waals surface area contributed by atoms with Gasteiger partial charge in [-0.1, -0.05) is 24.6 Å². The minimum absolute atomic E-state index is 0.554. The molecule has 1 aliphatic rings. The second-order valence-corrected chi connectivity index (χ2v) is 5.44. The maximum absolute atomic E-state index is 5.25. The summed E-state index contributed by atoms with van der Waals surface area (Å²) in [6.45, 7) is 4.28. The van der Waals surface area contributed by atoms with Crippen LogP contribution >= 0.6 is 12.2 Å². The van der Waals surface area contributed by atoms with Gasteiger partial charge in [0.15, 0.2) is 5.11 Å². The molecule has 3 nitrogen and oxygen atoms in total. The van der Waals surface area contributed by atoms with E-state index in [2.05, 4.69) is 41.8 Å². The molecule has 2 N–H and O–H groups in total. The molecule has 1 aromatic carbocycles. The van der Waals surface area contributed by atoms with Crippen LogP contribution in [-0.2, 0) is 0 Å². The quantitative estimate of drug-likeness (QED) is 0.650. The number of nitrogens with zero attached hydrogens (tertiary/aromatic N) is 1. The van der Waals surface area contributed by atoms with Crippen molar-refractivity contribution < 1.29 is 0 Å². The van der Waals surface area contributed by atoms with Crippen molar-refractivity contribution in [2.24, 2.45) is 11.0 Å². The predicted molar refractivity (Wildman–Crippen MR) is 85.6 cm³/mol. The molecule has 1 aliphatic carbocycles. The lowest BCUT2D eigenvalue weighted by molar-refractivity contribution is 0.641. The fourth-order valence-corrected chi connectivity index (χ4v) is 2.57. The van der Waals surface area contributed by atoms with Gasteiger partial charge in [-0.05, 0) is 62.9 Å². The van der Waals surface area contributed by atoms with Gasteiger partial charge in [-0.3, -0.25) is 5.43 Å². The average Bonchev–Trinajstić information content (AvgIpc) is 2.86. The first-order valence-electron chi connectivity index (χ1n) is 6.89. The Morgan fingerprint density at radius 1 is 1.37 bits per heavy atom. The Balaban J connectivity index is 1.87. The van der Waals surface area contributed by atoms with Crippen molar-refractivity contribution in [1.82, 2.24) is 5.43 Å². The zero-order valence-electron chi connectivity index (χ0n) is 11.6. The molecule has 19 heavy (non-hydrogen) atoms. The first kappa shape index (κ1) is 14.0. The second kappa shape index (κ2) is 6.66. The van der Waals surface area contributed by atoms with E-state index in [-0.39, 0.29) is 0 Å². The third-order valence-electron chi connectivity index (χ3n) is 3.56. The van der Waals surface area contributed by atoms with Gasteiger partial charge in [0.05, 0.1) is 0 Å². The predicted octanol–water partition coefficient (Wildman–Crippen LogP) is 3.85. The van der Waals surface area contributed by atoms with Crippen molar-refractivity contribution in [1.29, 1.82) is 0 Å². The topological polar surface area (TPSA) is 36.4 Å². The van der Waals surface area contributed by atoms with Crippen LogP contribution in [0.15, 0.2) is 29.4 Å². The molecule has 0 aliphatic heterocycles. The Kier molecular flexibility index (Phi) is 4.91. The maximum Gasteiger partial charge on any atom is 0.191 e. The average molecular weight is 275 g/mol. The van der Waals surface area contributed by atoms with Crippen LogP contribution in [0, 0.1) is 12.8 Å². The normalized spacial score (nSPS) is 20.5. The van der Waals surface area contributed by atoms with Crippen molar-refractivity contribution in [3.05, 3.63) is 29.8 Å². The molecule has 102 valence electrons. The lowest BCUT2D eigenvalue weighted by atomic mass is 10.0. The summed E-state index contributed by atoms with van der Waals surface area (Å²) in [4.78, 5) is 0. The first-order chi connectivity index (χ1) is 9.19. The van der Waals surface area contributed by atoms with E-state index in [0.717, 1.165) is 12.1 Å². The van der Waals surface area contributed by atoms with Crippen LogP contribution < -0.4 is 10.7 Å². The molecule has 0 heterocycles. The third-order valence-corrected chi connectivity index (χ3v) is 3.75. The molecular formula is C15H21N3S. The Labute approximate surface area is 120 Å². The monoisotopic (exact) mass is 275 g/mol. The molecule has 4 heteroatoms. The number of rotatable bonds is 3. The maximum atomic E-state index is 5.25. The summed E-state index contributed by atoms with van der Waals surface area (Å²) < 4.78 is 0. The van der Waals surface area contributed by atoms with E-state index in [0.29, 0.717) is 11.0 Å². The van der Waals surface area contributed by atoms with Crippen LogP contribution in [0.4, 0.5) is 5.69 Å². The van der Waals surface area contributed by atoms with E-state index >= 15 is 0 Å². The highest BCUT2D eigenvalue weighted by Crippen LogP contribution is 2.24. The lowest BCUT2D eigenvalue weighted by Gasteiger charge is -2.10. The lowest BCUT2D eigenvalue weighted by Crippen LogP contribution is -2.25. The van der Waals surface area contributed by atoms with Gasteiger partial charge < -0.3 is 5.32 Å². The van der Waals surface area contributed by atoms with Gasteiger partial charge in [-0.15, -0.1) is 0 Å². The van der Waals surface area contributed by atoms with E-state index in [1.165, 1.54) is 30.5 Å². The minimum atomic E-state index is 0.554. The van der Waals surface area contributed by atoms with E-state index in [1.807, 2.05) is 12.1 Å². The highest BCUT2D eigenvalue weighted by Gasteiger charge is 2.20. The van der Waals surface area contributed by atoms with Gasteiger partial charge in [0.1, 0.15) is 0 Å². The SMILES string of the molecule is CCC1CCC/C1=N\NC(=S)Nc1ccc(C)cc1. The number of anilines is 1. The number of aryl methyl sites for hydroxylation is 1. The second-order valence-electron chi connectivity index (χ2n) is 5.03. The van der Waals surface area contributed by atoms with Crippen LogP contribution in [0.2, 0.25) is 0 Å². The molecule has 0 saturated heterocycles. The smallest absolute Gasteiger partial charge is 0.191 e. The Morgan fingerprint density at radius 2 is 2.11 bits per heavy atom. The van der Waals surface area contributed by atoms with Gasteiger partial charge in [-0.2, -0.15) is 5.10 Å². The zero-order chi connectivity index (χ0) is 13.7. The fraction of sp³-hybridized carbons (Fsp3) is 0.467. The van der Waals surface area contributed by atoms with Gasteiger partial charge in [-0.25, -0.2) is 0 Å². The van der Waals surface area contributed by atoms with Crippen LogP contribution in [0.25, 0.3) is 0 Å². The molecule has 0 bridgehead atoms. The van der Waals surface area contributed by atoms with Gasteiger partial charge in [0.25, 0.3) is 0 Å². The van der Waals surface area contributed by atoms with E-state index in [4.69, 9.17) is 12.2 Å². The molecule has 1 aromatic rings. The largest absolute Gasteiger partial charge is 0.331 e. The number of nitrogens with one attached hydrogen (secondary N) is 2. The standard InChI is InChI=1S/C15H21N3S/c1-3-12-5-4-6-14(12)17-18-15(19)16-13-9-7-11(2)8-10-13/h7-10,12H,3-6H2,1-2H3,(H2,16,18,19)/b17-14+. The summed E-state index contributed by atoms with van der Waals surface area (Å²) in [5, 5.41) is 8.15. The van der Waals surface area contributed by atoms with E-state index in [9.17, 15) is 0 Å². The molecule has 1 atom stereocenters. The van der Waals surface area contributed by atoms with Gasteiger partial charge in [0, 0.05) is 11.4 Å². The molecule has 1 saturated carbocycles. The number of thiocarbonyl (C=S) groups is 1. The summed E-state index contributed by atoms with van der Waals surface area (Å²) >= 11 is 5.25. The van der Waals surface area contributed by atoms with Crippen molar-refractivity contribution in [3.8, 4) is 0 Å². The molecule has 0 aromatic heterocycles. The molecular weight excluding hydrogens is 254 g/mol. The number of benzene rings is 1. The van der Waals surface area contributed by atoms with Crippen molar-refractivity contribution >= 4 is 28.7 Å². The summed E-state index contributed by atoms with van der Waals surface area (Å²) in [6, 6.07) is 8.14. The Bertz CT molecular complexity index is 465. The molecule has 0 spiro atoms. The highest BCUT2D eigenvalue weighted by molar-refractivity contribution is 7.80. The summed E-state index contributed by atoms with van der Waals surface area (Å²) in [6.07, 6.45) is 4.77. The zero-order valence-corrected chi connectivity index (χ0v) is 12.4. The molecule has 2 rings (SSSR count). The molecule has 0 radical (unpaired) electrons. The van der Waals surface area contributed by atoms with Gasteiger partial charge in [0.2, 0.25) is 0 Å². The number of hydrazone groups is 1. The van der Waals surface area contributed by atoms with Gasteiger partial charge >= 0.3 is 0 Å². The number of hydrogen-bond donors (Lipinski definition) is 2. The summed E-state index contributed by atoms with van der Waals surface area (Å²) in [7, 11) is 0. The van der Waals surface area contributed by atoms with Crippen LogP contribution in [0.1, 0.15) is 38.2 Å². The Hall–Kier alpha value is -1.42. The van der Waals surface area contributed by atoms with E-state index in [1.54, 1.807) is 0 Å². The van der Waals surface area contributed by atoms with Crippen molar-refractivity contribution in [2.45, 2.75) is 39.5 Å². The summed E-state index contributed by atoms with van der Waals surface area (Å²) in [5.41, 5.74) is 6.45. The molecule has 1 fully saturated rings. The van der Waals surface area contributed by atoms with Crippen molar-refractivity contribution in [2.75, 3.05) is 5.32 Å². The first-order valence-corrected chi connectivity index (χ1v) is 7.30. The van der Waals surface area contributed by atoms with Crippen molar-refractivity contribution in [3.63, 3.8) is 0 Å². The fourth-order valence-electron chi connectivity index (χ4n) is 2.41. The van der Waals surface area contributed by atoms with Crippen LogP contribution in [0.5, 0.6) is 0 Å². The number of hydrogen-bond acceptors (Lipinski definition) is 2. The van der Waals surface area contributed by atoms with Crippen LogP contribution in [0.3, 0.4) is 0 Å². The molecule has 0 amide bonds. The van der Waals surface area contributed by atoms with E-state index < -0.39 is 0 Å². The van der Waals surface area contributed by atoms with Crippen LogP contribution in [-0.4, -0.2) is 10.8 Å².